The fourth-order valence-corrected chi connectivity index (χ4v) is 1.68. The van der Waals surface area contributed by atoms with Crippen molar-refractivity contribution in [1.82, 2.24) is 4.98 Å². The zero-order valence-electron chi connectivity index (χ0n) is 12.0. The second kappa shape index (κ2) is 7.71. The van der Waals surface area contributed by atoms with E-state index in [0.717, 1.165) is 30.7 Å². The number of allylic oxidation sites excluding steroid dienone is 3. The molecule has 0 unspecified atom stereocenters. The summed E-state index contributed by atoms with van der Waals surface area (Å²) in [6, 6.07) is 0.748. The minimum Gasteiger partial charge on any atom is -0.456 e. The first kappa shape index (κ1) is 17.1. The first-order chi connectivity index (χ1) is 9.97. The van der Waals surface area contributed by atoms with Gasteiger partial charge in [0, 0.05) is 6.20 Å². The SMILES string of the molecule is CC.O=C(OCC1=CC=CCC1)c1cc(C(F)(F)F)c[nH]1. The van der Waals surface area contributed by atoms with Crippen LogP contribution in [0.2, 0.25) is 0 Å². The largest absolute Gasteiger partial charge is 0.456 e. The standard InChI is InChI=1S/C13H12F3NO2.C2H6/c14-13(15,16)10-6-11(17-7-10)12(18)19-8-9-4-2-1-3-5-9;1-2/h1-2,4,6-7,17H,3,5,8H2;1-2H3. The average molecular weight is 301 g/mol. The van der Waals surface area contributed by atoms with E-state index in [4.69, 9.17) is 4.74 Å². The molecule has 6 heteroatoms. The van der Waals surface area contributed by atoms with Gasteiger partial charge >= 0.3 is 12.1 Å². The summed E-state index contributed by atoms with van der Waals surface area (Å²) < 4.78 is 42.0. The number of carbonyl (C=O) groups excluding carboxylic acids is 1. The van der Waals surface area contributed by atoms with Gasteiger partial charge in [-0.3, -0.25) is 0 Å². The van der Waals surface area contributed by atoms with Crippen LogP contribution in [0.4, 0.5) is 13.2 Å². The lowest BCUT2D eigenvalue weighted by atomic mass is 10.1. The van der Waals surface area contributed by atoms with Gasteiger partial charge in [-0.25, -0.2) is 4.79 Å². The number of rotatable bonds is 3. The molecule has 1 heterocycles. The number of hydrogen-bond acceptors (Lipinski definition) is 2. The molecule has 116 valence electrons. The van der Waals surface area contributed by atoms with Gasteiger partial charge in [0.2, 0.25) is 0 Å². The Hall–Kier alpha value is -1.98. The van der Waals surface area contributed by atoms with Crippen molar-refractivity contribution in [1.29, 1.82) is 0 Å². The number of aromatic nitrogens is 1. The van der Waals surface area contributed by atoms with Crippen molar-refractivity contribution in [2.75, 3.05) is 6.61 Å². The molecule has 0 aliphatic heterocycles. The molecule has 0 bridgehead atoms. The van der Waals surface area contributed by atoms with Crippen LogP contribution < -0.4 is 0 Å². The molecule has 0 fully saturated rings. The summed E-state index contributed by atoms with van der Waals surface area (Å²) in [7, 11) is 0. The van der Waals surface area contributed by atoms with Gasteiger partial charge < -0.3 is 9.72 Å². The van der Waals surface area contributed by atoms with Crippen LogP contribution in [0.5, 0.6) is 0 Å². The van der Waals surface area contributed by atoms with Crippen molar-refractivity contribution < 1.29 is 22.7 Å². The average Bonchev–Trinajstić information content (AvgIpc) is 2.98. The van der Waals surface area contributed by atoms with E-state index in [9.17, 15) is 18.0 Å². The topological polar surface area (TPSA) is 42.1 Å². The van der Waals surface area contributed by atoms with E-state index in [1.54, 1.807) is 0 Å². The summed E-state index contributed by atoms with van der Waals surface area (Å²) in [5, 5.41) is 0. The molecule has 0 saturated carbocycles. The van der Waals surface area contributed by atoms with Crippen LogP contribution >= 0.6 is 0 Å². The molecule has 1 aromatic rings. The van der Waals surface area contributed by atoms with E-state index in [2.05, 4.69) is 4.98 Å². The van der Waals surface area contributed by atoms with E-state index < -0.39 is 17.7 Å². The first-order valence-electron chi connectivity index (χ1n) is 6.74. The maximum atomic E-state index is 12.4. The third-order valence-corrected chi connectivity index (χ3v) is 2.72. The molecule has 1 aliphatic rings. The minimum absolute atomic E-state index is 0.101. The van der Waals surface area contributed by atoms with E-state index in [0.29, 0.717) is 0 Å². The highest BCUT2D eigenvalue weighted by Crippen LogP contribution is 2.29. The molecule has 0 aromatic carbocycles. The van der Waals surface area contributed by atoms with Crippen LogP contribution in [-0.4, -0.2) is 17.6 Å². The summed E-state index contributed by atoms with van der Waals surface area (Å²) in [4.78, 5) is 13.8. The number of aromatic amines is 1. The second-order valence-electron chi connectivity index (χ2n) is 4.17. The number of hydrogen-bond donors (Lipinski definition) is 1. The Morgan fingerprint density at radius 1 is 1.38 bits per heavy atom. The van der Waals surface area contributed by atoms with E-state index in [1.165, 1.54) is 0 Å². The van der Waals surface area contributed by atoms with Crippen LogP contribution in [0.1, 0.15) is 42.7 Å². The van der Waals surface area contributed by atoms with Crippen molar-refractivity contribution in [3.05, 3.63) is 47.3 Å². The Labute approximate surface area is 121 Å². The Balaban J connectivity index is 0.00000106. The molecule has 0 saturated heterocycles. The Kier molecular flexibility index (Phi) is 6.27. The molecule has 0 amide bonds. The number of alkyl halides is 3. The number of nitrogens with one attached hydrogen (secondary N) is 1. The van der Waals surface area contributed by atoms with E-state index in [1.807, 2.05) is 32.1 Å². The highest BCUT2D eigenvalue weighted by atomic mass is 19.4. The van der Waals surface area contributed by atoms with E-state index in [-0.39, 0.29) is 12.3 Å². The molecule has 0 radical (unpaired) electrons. The maximum absolute atomic E-state index is 12.4. The van der Waals surface area contributed by atoms with Crippen molar-refractivity contribution in [2.24, 2.45) is 0 Å². The summed E-state index contributed by atoms with van der Waals surface area (Å²) in [5.74, 6) is -0.786. The molecule has 0 atom stereocenters. The monoisotopic (exact) mass is 301 g/mol. The van der Waals surface area contributed by atoms with Crippen molar-refractivity contribution in [3.63, 3.8) is 0 Å². The number of ether oxygens (including phenoxy) is 1. The van der Waals surface area contributed by atoms with Crippen LogP contribution in [0.3, 0.4) is 0 Å². The zero-order valence-corrected chi connectivity index (χ0v) is 12.0. The third-order valence-electron chi connectivity index (χ3n) is 2.72. The Morgan fingerprint density at radius 3 is 2.62 bits per heavy atom. The zero-order chi connectivity index (χ0) is 15.9. The van der Waals surface area contributed by atoms with Gasteiger partial charge in [-0.1, -0.05) is 32.1 Å². The lowest BCUT2D eigenvalue weighted by Crippen LogP contribution is -2.09. The predicted octanol–water partition coefficient (Wildman–Crippen LogP) is 4.49. The number of carbonyl (C=O) groups is 1. The van der Waals surface area contributed by atoms with Crippen molar-refractivity contribution >= 4 is 5.97 Å². The second-order valence-corrected chi connectivity index (χ2v) is 4.17. The molecule has 0 spiro atoms. The molecule has 2 rings (SSSR count). The summed E-state index contributed by atoms with van der Waals surface area (Å²) >= 11 is 0. The maximum Gasteiger partial charge on any atom is 0.417 e. The fraction of sp³-hybridized carbons (Fsp3) is 0.400. The lowest BCUT2D eigenvalue weighted by Gasteiger charge is -2.09. The van der Waals surface area contributed by atoms with E-state index >= 15 is 0 Å². The molecular formula is C15H18F3NO2. The normalized spacial score (nSPS) is 14.0. The highest BCUT2D eigenvalue weighted by molar-refractivity contribution is 5.87. The summed E-state index contributed by atoms with van der Waals surface area (Å²) in [6.45, 7) is 4.10. The van der Waals surface area contributed by atoms with Crippen LogP contribution in [-0.2, 0) is 10.9 Å². The minimum atomic E-state index is -4.47. The van der Waals surface area contributed by atoms with Crippen LogP contribution in [0.15, 0.2) is 36.1 Å². The van der Waals surface area contributed by atoms with Gasteiger partial charge in [0.25, 0.3) is 0 Å². The van der Waals surface area contributed by atoms with Crippen molar-refractivity contribution in [2.45, 2.75) is 32.9 Å². The quantitative estimate of drug-likeness (QED) is 0.836. The van der Waals surface area contributed by atoms with Crippen molar-refractivity contribution in [3.8, 4) is 0 Å². The van der Waals surface area contributed by atoms with Gasteiger partial charge in [-0.15, -0.1) is 0 Å². The Morgan fingerprint density at radius 2 is 2.10 bits per heavy atom. The van der Waals surface area contributed by atoms with Gasteiger partial charge in [-0.2, -0.15) is 13.2 Å². The molecule has 1 aliphatic carbocycles. The number of esters is 1. The van der Waals surface area contributed by atoms with Gasteiger partial charge in [0.15, 0.2) is 0 Å². The number of halogens is 3. The Bertz CT molecular complexity index is 527. The number of H-pyrrole nitrogens is 1. The van der Waals surface area contributed by atoms with Gasteiger partial charge in [0.1, 0.15) is 12.3 Å². The first-order valence-corrected chi connectivity index (χ1v) is 6.74. The fourth-order valence-electron chi connectivity index (χ4n) is 1.68. The smallest absolute Gasteiger partial charge is 0.417 e. The van der Waals surface area contributed by atoms with Gasteiger partial charge in [0.05, 0.1) is 5.56 Å². The lowest BCUT2D eigenvalue weighted by molar-refractivity contribution is -0.137. The molecule has 3 nitrogen and oxygen atoms in total. The predicted molar refractivity (Wildman–Crippen MR) is 73.9 cm³/mol. The summed E-state index contributed by atoms with van der Waals surface area (Å²) in [5.41, 5.74) is -0.142. The molecule has 21 heavy (non-hydrogen) atoms. The van der Waals surface area contributed by atoms with Crippen LogP contribution in [0.25, 0.3) is 0 Å². The highest BCUT2D eigenvalue weighted by Gasteiger charge is 2.32. The third kappa shape index (κ3) is 5.13. The van der Waals surface area contributed by atoms with Crippen LogP contribution in [0, 0.1) is 0 Å². The molecule has 1 aromatic heterocycles. The molecular weight excluding hydrogens is 283 g/mol. The molecule has 1 N–H and O–H groups in total. The summed E-state index contributed by atoms with van der Waals surface area (Å²) in [6.07, 6.45) is 3.65. The van der Waals surface area contributed by atoms with Gasteiger partial charge in [-0.05, 0) is 24.5 Å².